The number of nitrogens with one attached hydrogen (secondary N) is 1. The number of nitrogens with zero attached hydrogens (tertiary/aromatic N) is 4. The van der Waals surface area contributed by atoms with Gasteiger partial charge in [0.05, 0.1) is 17.8 Å². The molecule has 1 atom stereocenters. The van der Waals surface area contributed by atoms with Gasteiger partial charge < -0.3 is 15.0 Å². The maximum absolute atomic E-state index is 13.4. The molecule has 0 saturated heterocycles. The zero-order valence-electron chi connectivity index (χ0n) is 16.5. The first-order valence-electron chi connectivity index (χ1n) is 9.59. The van der Waals surface area contributed by atoms with E-state index in [4.69, 9.17) is 4.74 Å². The van der Waals surface area contributed by atoms with Gasteiger partial charge in [-0.25, -0.2) is 19.3 Å². The van der Waals surface area contributed by atoms with E-state index in [2.05, 4.69) is 20.3 Å². The number of fused-ring (bicyclic) bond motifs is 1. The number of aromatic nitrogens is 3. The maximum atomic E-state index is 13.4. The molecule has 0 saturated carbocycles. The SMILES string of the molecule is CC(F)Oc1ccc(Nc2ncnc3c2CCN(c2ncccc2C(F)(F)F)C3)cc1. The monoisotopic (exact) mass is 433 g/mol. The molecule has 6 nitrogen and oxygen atoms in total. The van der Waals surface area contributed by atoms with Crippen LogP contribution in [0, 0.1) is 0 Å². The summed E-state index contributed by atoms with van der Waals surface area (Å²) in [5.41, 5.74) is 1.41. The summed E-state index contributed by atoms with van der Waals surface area (Å²) in [7, 11) is 0. The van der Waals surface area contributed by atoms with Crippen molar-refractivity contribution in [2.24, 2.45) is 0 Å². The van der Waals surface area contributed by atoms with Crippen molar-refractivity contribution in [3.05, 3.63) is 65.7 Å². The van der Waals surface area contributed by atoms with Crippen LogP contribution in [0.3, 0.4) is 0 Å². The number of halogens is 4. The van der Waals surface area contributed by atoms with Crippen molar-refractivity contribution in [3.8, 4) is 5.75 Å². The van der Waals surface area contributed by atoms with Gasteiger partial charge in [0.2, 0.25) is 6.36 Å². The molecule has 10 heteroatoms. The Labute approximate surface area is 175 Å². The first-order valence-corrected chi connectivity index (χ1v) is 9.59. The molecule has 0 radical (unpaired) electrons. The van der Waals surface area contributed by atoms with Gasteiger partial charge in [0.25, 0.3) is 0 Å². The van der Waals surface area contributed by atoms with Gasteiger partial charge in [-0.3, -0.25) is 0 Å². The molecule has 1 unspecified atom stereocenters. The summed E-state index contributed by atoms with van der Waals surface area (Å²) in [6.07, 6.45) is -2.72. The molecule has 1 aliphatic rings. The van der Waals surface area contributed by atoms with Crippen LogP contribution in [-0.2, 0) is 19.1 Å². The number of ether oxygens (including phenoxy) is 1. The molecule has 0 bridgehead atoms. The lowest BCUT2D eigenvalue weighted by atomic mass is 10.0. The van der Waals surface area contributed by atoms with Crippen LogP contribution >= 0.6 is 0 Å². The molecule has 1 N–H and O–H groups in total. The number of benzene rings is 1. The normalized spacial score (nSPS) is 14.7. The molecule has 3 aromatic rings. The van der Waals surface area contributed by atoms with Gasteiger partial charge in [-0.2, -0.15) is 13.2 Å². The second-order valence-corrected chi connectivity index (χ2v) is 7.00. The number of pyridine rings is 1. The highest BCUT2D eigenvalue weighted by molar-refractivity contribution is 5.62. The van der Waals surface area contributed by atoms with Crippen LogP contribution in [0.2, 0.25) is 0 Å². The lowest BCUT2D eigenvalue weighted by Gasteiger charge is -2.31. The van der Waals surface area contributed by atoms with E-state index in [-0.39, 0.29) is 12.4 Å². The minimum absolute atomic E-state index is 0.105. The van der Waals surface area contributed by atoms with E-state index in [0.29, 0.717) is 35.9 Å². The molecule has 4 rings (SSSR count). The first kappa shape index (κ1) is 20.8. The summed E-state index contributed by atoms with van der Waals surface area (Å²) in [5, 5.41) is 3.19. The standard InChI is InChI=1S/C21H19F4N5O/c1-13(22)31-15-6-4-14(5-7-15)29-19-16-8-10-30(11-18(16)27-12-28-19)20-17(21(23,24)25)3-2-9-26-20/h2-7,9,12-13H,8,10-11H2,1H3,(H,27,28,29). The Kier molecular flexibility index (Phi) is 5.62. The van der Waals surface area contributed by atoms with E-state index < -0.39 is 18.1 Å². The van der Waals surface area contributed by atoms with Crippen molar-refractivity contribution in [2.45, 2.75) is 32.4 Å². The van der Waals surface area contributed by atoms with Crippen LogP contribution < -0.4 is 15.0 Å². The van der Waals surface area contributed by atoms with Gasteiger partial charge in [0, 0.05) is 30.9 Å². The summed E-state index contributed by atoms with van der Waals surface area (Å²) in [4.78, 5) is 14.1. The predicted molar refractivity (Wildman–Crippen MR) is 107 cm³/mol. The van der Waals surface area contributed by atoms with Gasteiger partial charge in [0.1, 0.15) is 23.7 Å². The van der Waals surface area contributed by atoms with Crippen LogP contribution in [0.1, 0.15) is 23.7 Å². The third kappa shape index (κ3) is 4.68. The summed E-state index contributed by atoms with van der Waals surface area (Å²) < 4.78 is 58.0. The van der Waals surface area contributed by atoms with Crippen LogP contribution in [-0.4, -0.2) is 27.9 Å². The molecular weight excluding hydrogens is 414 g/mol. The topological polar surface area (TPSA) is 63.2 Å². The third-order valence-corrected chi connectivity index (χ3v) is 4.81. The van der Waals surface area contributed by atoms with Crippen LogP contribution in [0.15, 0.2) is 48.9 Å². The van der Waals surface area contributed by atoms with Crippen molar-refractivity contribution in [1.29, 1.82) is 0 Å². The Morgan fingerprint density at radius 1 is 1.10 bits per heavy atom. The molecule has 1 aliphatic heterocycles. The molecule has 162 valence electrons. The van der Waals surface area contributed by atoms with Crippen molar-refractivity contribution >= 4 is 17.3 Å². The molecule has 0 aliphatic carbocycles. The van der Waals surface area contributed by atoms with Crippen molar-refractivity contribution in [1.82, 2.24) is 15.0 Å². The van der Waals surface area contributed by atoms with Gasteiger partial charge in [0.15, 0.2) is 0 Å². The summed E-state index contributed by atoms with van der Waals surface area (Å²) in [5.74, 6) is 0.873. The average molecular weight is 433 g/mol. The lowest BCUT2D eigenvalue weighted by molar-refractivity contribution is -0.137. The lowest BCUT2D eigenvalue weighted by Crippen LogP contribution is -2.34. The molecule has 2 aromatic heterocycles. The number of anilines is 3. The zero-order valence-corrected chi connectivity index (χ0v) is 16.5. The zero-order chi connectivity index (χ0) is 22.0. The highest BCUT2D eigenvalue weighted by Gasteiger charge is 2.36. The Morgan fingerprint density at radius 2 is 1.87 bits per heavy atom. The predicted octanol–water partition coefficient (Wildman–Crippen LogP) is 4.89. The fourth-order valence-corrected chi connectivity index (χ4v) is 3.45. The summed E-state index contributed by atoms with van der Waals surface area (Å²) in [6.45, 7) is 1.83. The maximum Gasteiger partial charge on any atom is 0.419 e. The summed E-state index contributed by atoms with van der Waals surface area (Å²) >= 11 is 0. The van der Waals surface area contributed by atoms with Gasteiger partial charge in [-0.1, -0.05) is 0 Å². The van der Waals surface area contributed by atoms with E-state index in [9.17, 15) is 17.6 Å². The van der Waals surface area contributed by atoms with Gasteiger partial charge >= 0.3 is 6.18 Å². The van der Waals surface area contributed by atoms with Crippen LogP contribution in [0.5, 0.6) is 5.75 Å². The third-order valence-electron chi connectivity index (χ3n) is 4.81. The molecule has 1 aromatic carbocycles. The van der Waals surface area contributed by atoms with Crippen LogP contribution in [0.25, 0.3) is 0 Å². The number of hydrogen-bond donors (Lipinski definition) is 1. The Bertz CT molecular complexity index is 1060. The van der Waals surface area contributed by atoms with Gasteiger partial charge in [-0.05, 0) is 42.8 Å². The average Bonchev–Trinajstić information content (AvgIpc) is 2.74. The van der Waals surface area contributed by atoms with Crippen LogP contribution in [0.4, 0.5) is 34.9 Å². The second-order valence-electron chi connectivity index (χ2n) is 7.00. The van der Waals surface area contributed by atoms with Crippen molar-refractivity contribution in [3.63, 3.8) is 0 Å². The van der Waals surface area contributed by atoms with E-state index in [1.165, 1.54) is 25.5 Å². The fraction of sp³-hybridized carbons (Fsp3) is 0.286. The Balaban J connectivity index is 1.55. The largest absolute Gasteiger partial charge is 0.461 e. The first-order chi connectivity index (χ1) is 14.8. The van der Waals surface area contributed by atoms with Gasteiger partial charge in [-0.15, -0.1) is 0 Å². The molecule has 0 spiro atoms. The fourth-order valence-electron chi connectivity index (χ4n) is 3.45. The number of alkyl halides is 4. The molecule has 0 amide bonds. The Morgan fingerprint density at radius 3 is 2.58 bits per heavy atom. The number of rotatable bonds is 5. The highest BCUT2D eigenvalue weighted by Crippen LogP contribution is 2.37. The highest BCUT2D eigenvalue weighted by atomic mass is 19.4. The molecule has 0 fully saturated rings. The smallest absolute Gasteiger partial charge is 0.419 e. The molecule has 31 heavy (non-hydrogen) atoms. The molecular formula is C21H19F4N5O. The number of hydrogen-bond acceptors (Lipinski definition) is 6. The van der Waals surface area contributed by atoms with E-state index in [0.717, 1.165) is 11.6 Å². The minimum Gasteiger partial charge on any atom is -0.461 e. The Hall–Kier alpha value is -3.43. The van der Waals surface area contributed by atoms with Crippen molar-refractivity contribution in [2.75, 3.05) is 16.8 Å². The van der Waals surface area contributed by atoms with Crippen molar-refractivity contribution < 1.29 is 22.3 Å². The van der Waals surface area contributed by atoms with E-state index >= 15 is 0 Å². The van der Waals surface area contributed by atoms with E-state index in [1.807, 2.05) is 0 Å². The van der Waals surface area contributed by atoms with E-state index in [1.54, 1.807) is 29.2 Å². The second kappa shape index (κ2) is 8.37. The summed E-state index contributed by atoms with van der Waals surface area (Å²) in [6, 6.07) is 9.03. The minimum atomic E-state index is -4.49. The quantitative estimate of drug-likeness (QED) is 0.578. The molecule has 3 heterocycles.